The van der Waals surface area contributed by atoms with Crippen molar-refractivity contribution in [2.45, 2.75) is 26.3 Å². The van der Waals surface area contributed by atoms with Crippen molar-refractivity contribution in [2.75, 3.05) is 20.3 Å². The lowest BCUT2D eigenvalue weighted by molar-refractivity contribution is 0.235. The summed E-state index contributed by atoms with van der Waals surface area (Å²) in [5.74, 6) is 2.03. The summed E-state index contributed by atoms with van der Waals surface area (Å²) in [6.45, 7) is 5.53. The maximum Gasteiger partial charge on any atom is 0.315 e. The number of methoxy groups -OCH3 is 1. The normalized spacial score (nSPS) is 10.4. The zero-order chi connectivity index (χ0) is 18.1. The summed E-state index contributed by atoms with van der Waals surface area (Å²) >= 11 is 0. The van der Waals surface area contributed by atoms with Crippen molar-refractivity contribution >= 4 is 6.03 Å². The van der Waals surface area contributed by atoms with E-state index >= 15 is 0 Å². The largest absolute Gasteiger partial charge is 0.496 e. The predicted molar refractivity (Wildman–Crippen MR) is 99.3 cm³/mol. The number of benzene rings is 2. The first-order valence-electron chi connectivity index (χ1n) is 8.47. The van der Waals surface area contributed by atoms with Gasteiger partial charge in [-0.15, -0.1) is 0 Å². The van der Waals surface area contributed by atoms with Gasteiger partial charge in [0, 0.05) is 12.1 Å². The van der Waals surface area contributed by atoms with Crippen LogP contribution in [0.2, 0.25) is 0 Å². The number of hydrogen-bond donors (Lipinski definition) is 2. The van der Waals surface area contributed by atoms with Crippen molar-refractivity contribution in [1.82, 2.24) is 10.6 Å². The highest BCUT2D eigenvalue weighted by Crippen LogP contribution is 2.25. The molecule has 2 rings (SSSR count). The van der Waals surface area contributed by atoms with Crippen molar-refractivity contribution < 1.29 is 14.3 Å². The molecule has 0 fully saturated rings. The van der Waals surface area contributed by atoms with E-state index in [1.807, 2.05) is 42.5 Å². The summed E-state index contributed by atoms with van der Waals surface area (Å²) in [6.07, 6.45) is 0. The second kappa shape index (κ2) is 9.57. The summed E-state index contributed by atoms with van der Waals surface area (Å²) in [6, 6.07) is 15.4. The quantitative estimate of drug-likeness (QED) is 0.719. The SMILES string of the molecule is COc1ccccc1CNC(=O)NCCOc1ccccc1C(C)C. The summed E-state index contributed by atoms with van der Waals surface area (Å²) in [5, 5.41) is 5.61. The maximum absolute atomic E-state index is 11.9. The molecule has 0 saturated carbocycles. The van der Waals surface area contributed by atoms with E-state index in [0.29, 0.717) is 25.6 Å². The van der Waals surface area contributed by atoms with Crippen LogP contribution in [0.3, 0.4) is 0 Å². The molecule has 0 heterocycles. The molecule has 25 heavy (non-hydrogen) atoms. The average molecular weight is 342 g/mol. The van der Waals surface area contributed by atoms with Crippen LogP contribution in [-0.4, -0.2) is 26.3 Å². The highest BCUT2D eigenvalue weighted by atomic mass is 16.5. The van der Waals surface area contributed by atoms with Gasteiger partial charge in [0.05, 0.1) is 13.7 Å². The van der Waals surface area contributed by atoms with Gasteiger partial charge in [0.1, 0.15) is 18.1 Å². The van der Waals surface area contributed by atoms with Crippen molar-refractivity contribution in [3.05, 3.63) is 59.7 Å². The Morgan fingerprint density at radius 2 is 1.68 bits per heavy atom. The molecule has 0 radical (unpaired) electrons. The third-order valence-electron chi connectivity index (χ3n) is 3.82. The second-order valence-corrected chi connectivity index (χ2v) is 5.96. The third-order valence-corrected chi connectivity index (χ3v) is 3.82. The first-order chi connectivity index (χ1) is 12.1. The number of carbonyl (C=O) groups excluding carboxylic acids is 1. The number of carbonyl (C=O) groups is 1. The molecule has 0 spiro atoms. The number of nitrogens with one attached hydrogen (secondary N) is 2. The van der Waals surface area contributed by atoms with Crippen LogP contribution in [0.15, 0.2) is 48.5 Å². The molecule has 0 aromatic heterocycles. The first kappa shape index (κ1) is 18.6. The molecule has 2 N–H and O–H groups in total. The number of rotatable bonds is 8. The smallest absolute Gasteiger partial charge is 0.315 e. The molecule has 0 unspecified atom stereocenters. The zero-order valence-corrected chi connectivity index (χ0v) is 15.0. The van der Waals surface area contributed by atoms with Gasteiger partial charge in [0.2, 0.25) is 0 Å². The lowest BCUT2D eigenvalue weighted by Crippen LogP contribution is -2.37. The Morgan fingerprint density at radius 3 is 2.40 bits per heavy atom. The first-order valence-corrected chi connectivity index (χ1v) is 8.47. The predicted octanol–water partition coefficient (Wildman–Crippen LogP) is 3.70. The maximum atomic E-state index is 11.9. The van der Waals surface area contributed by atoms with Crippen molar-refractivity contribution in [3.63, 3.8) is 0 Å². The van der Waals surface area contributed by atoms with Crippen molar-refractivity contribution in [3.8, 4) is 11.5 Å². The molecule has 5 nitrogen and oxygen atoms in total. The number of para-hydroxylation sites is 2. The molecule has 0 aliphatic carbocycles. The van der Waals surface area contributed by atoms with E-state index < -0.39 is 0 Å². The Hall–Kier alpha value is -2.69. The lowest BCUT2D eigenvalue weighted by atomic mass is 10.0. The summed E-state index contributed by atoms with van der Waals surface area (Å²) in [5.41, 5.74) is 2.10. The highest BCUT2D eigenvalue weighted by Gasteiger charge is 2.07. The molecule has 0 atom stereocenters. The van der Waals surface area contributed by atoms with Gasteiger partial charge in [-0.05, 0) is 23.6 Å². The number of hydrogen-bond acceptors (Lipinski definition) is 3. The standard InChI is InChI=1S/C20H26N2O3/c1-15(2)17-9-5-7-11-19(17)25-13-12-21-20(23)22-14-16-8-4-6-10-18(16)24-3/h4-11,15H,12-14H2,1-3H3,(H2,21,22,23). The van der Waals surface area contributed by atoms with E-state index in [1.165, 1.54) is 5.56 Å². The molecule has 0 saturated heterocycles. The second-order valence-electron chi connectivity index (χ2n) is 5.96. The van der Waals surface area contributed by atoms with Crippen molar-refractivity contribution in [2.24, 2.45) is 0 Å². The van der Waals surface area contributed by atoms with E-state index in [9.17, 15) is 4.79 Å². The molecule has 0 bridgehead atoms. The van der Waals surface area contributed by atoms with E-state index in [2.05, 4.69) is 30.5 Å². The molecule has 0 aliphatic heterocycles. The van der Waals surface area contributed by atoms with Gasteiger partial charge >= 0.3 is 6.03 Å². The van der Waals surface area contributed by atoms with Crippen molar-refractivity contribution in [1.29, 1.82) is 0 Å². The molecule has 134 valence electrons. The monoisotopic (exact) mass is 342 g/mol. The zero-order valence-electron chi connectivity index (χ0n) is 15.0. The molecule has 0 aliphatic rings. The third kappa shape index (κ3) is 5.71. The van der Waals surface area contributed by atoms with Crippen LogP contribution in [0.1, 0.15) is 30.9 Å². The molecule has 2 aromatic carbocycles. The Labute approximate surface area is 149 Å². The van der Waals surface area contributed by atoms with E-state index in [1.54, 1.807) is 7.11 Å². The van der Waals surface area contributed by atoms with Crippen LogP contribution >= 0.6 is 0 Å². The van der Waals surface area contributed by atoms with Gasteiger partial charge in [0.15, 0.2) is 0 Å². The van der Waals surface area contributed by atoms with Crippen LogP contribution in [0.5, 0.6) is 11.5 Å². The molecule has 2 aromatic rings. The lowest BCUT2D eigenvalue weighted by Gasteiger charge is -2.14. The minimum Gasteiger partial charge on any atom is -0.496 e. The van der Waals surface area contributed by atoms with E-state index in [0.717, 1.165) is 17.1 Å². The molecule has 5 heteroatoms. The minimum absolute atomic E-state index is 0.230. The number of urea groups is 1. The molecular formula is C20H26N2O3. The van der Waals surface area contributed by atoms with Gasteiger partial charge in [-0.25, -0.2) is 4.79 Å². The van der Waals surface area contributed by atoms with Gasteiger partial charge in [-0.3, -0.25) is 0 Å². The Kier molecular flexibility index (Phi) is 7.14. The number of ether oxygens (including phenoxy) is 2. The van der Waals surface area contributed by atoms with Crippen LogP contribution in [0.4, 0.5) is 4.79 Å². The number of amides is 2. The van der Waals surface area contributed by atoms with Gasteiger partial charge in [-0.1, -0.05) is 50.2 Å². The Balaban J connectivity index is 1.72. The summed E-state index contributed by atoms with van der Waals surface area (Å²) < 4.78 is 11.0. The molecular weight excluding hydrogens is 316 g/mol. The fourth-order valence-electron chi connectivity index (χ4n) is 2.50. The molecule has 2 amide bonds. The fraction of sp³-hybridized carbons (Fsp3) is 0.350. The highest BCUT2D eigenvalue weighted by molar-refractivity contribution is 5.73. The van der Waals surface area contributed by atoms with Crippen LogP contribution in [-0.2, 0) is 6.54 Å². The minimum atomic E-state index is -0.230. The summed E-state index contributed by atoms with van der Waals surface area (Å²) in [4.78, 5) is 11.9. The average Bonchev–Trinajstić information content (AvgIpc) is 2.64. The van der Waals surface area contributed by atoms with E-state index in [-0.39, 0.29) is 6.03 Å². The topological polar surface area (TPSA) is 59.6 Å². The van der Waals surface area contributed by atoms with Crippen LogP contribution in [0, 0.1) is 0 Å². The Bertz CT molecular complexity index is 686. The van der Waals surface area contributed by atoms with Gasteiger partial charge < -0.3 is 20.1 Å². The van der Waals surface area contributed by atoms with Crippen LogP contribution < -0.4 is 20.1 Å². The summed E-state index contributed by atoms with van der Waals surface area (Å²) in [7, 11) is 1.62. The Morgan fingerprint density at radius 1 is 1.00 bits per heavy atom. The van der Waals surface area contributed by atoms with Crippen LogP contribution in [0.25, 0.3) is 0 Å². The van der Waals surface area contributed by atoms with Gasteiger partial charge in [0.25, 0.3) is 0 Å². The van der Waals surface area contributed by atoms with Gasteiger partial charge in [-0.2, -0.15) is 0 Å². The fourth-order valence-corrected chi connectivity index (χ4v) is 2.50. The van der Waals surface area contributed by atoms with E-state index in [4.69, 9.17) is 9.47 Å².